The van der Waals surface area contributed by atoms with Crippen LogP contribution in [-0.2, 0) is 6.54 Å². The highest BCUT2D eigenvalue weighted by Crippen LogP contribution is 2.31. The van der Waals surface area contributed by atoms with E-state index in [0.717, 1.165) is 5.56 Å². The van der Waals surface area contributed by atoms with Gasteiger partial charge in [-0.05, 0) is 49.7 Å². The van der Waals surface area contributed by atoms with Crippen molar-refractivity contribution in [1.82, 2.24) is 28.1 Å². The van der Waals surface area contributed by atoms with Crippen LogP contribution < -0.4 is 10.5 Å². The van der Waals surface area contributed by atoms with Gasteiger partial charge in [-0.3, -0.25) is 9.36 Å². The van der Waals surface area contributed by atoms with E-state index in [9.17, 15) is 13.1 Å². The van der Waals surface area contributed by atoms with Crippen LogP contribution in [0.25, 0.3) is 22.2 Å². The summed E-state index contributed by atoms with van der Waals surface area (Å²) in [6, 6.07) is 7.17. The molecule has 0 aliphatic rings. The molecule has 0 saturated carbocycles. The van der Waals surface area contributed by atoms with Gasteiger partial charge in [0.1, 0.15) is 23.5 Å². The van der Waals surface area contributed by atoms with Crippen LogP contribution in [0.5, 0.6) is 0 Å². The third-order valence-corrected chi connectivity index (χ3v) is 6.33. The highest BCUT2D eigenvalue weighted by atomic mass is 35.5. The maximum atomic E-state index is 13.6. The van der Waals surface area contributed by atoms with Gasteiger partial charge in [-0.2, -0.15) is 5.10 Å². The third-order valence-electron chi connectivity index (χ3n) is 5.60. The summed E-state index contributed by atoms with van der Waals surface area (Å²) >= 11 is 6.31. The fourth-order valence-electron chi connectivity index (χ4n) is 4.02. The van der Waals surface area contributed by atoms with E-state index < -0.39 is 5.82 Å². The molecule has 12 heteroatoms. The van der Waals surface area contributed by atoms with Crippen LogP contribution in [-0.4, -0.2) is 34.7 Å². The first-order valence-electron chi connectivity index (χ1n) is 10.3. The summed E-state index contributed by atoms with van der Waals surface area (Å²) in [4.78, 5) is 24.1. The van der Waals surface area contributed by atoms with Gasteiger partial charge < -0.3 is 4.90 Å². The Labute approximate surface area is 201 Å². The SMILES string of the molecule is CCN(Cc1nn2ccc(Cl)c2c(=O)n1-c1ccc(F)cc1)c1ncnc2c1c(C)cn2SF. The molecule has 1 aromatic carbocycles. The van der Waals surface area contributed by atoms with Crippen LogP contribution in [0.1, 0.15) is 18.3 Å². The van der Waals surface area contributed by atoms with Crippen molar-refractivity contribution in [3.05, 3.63) is 81.6 Å². The molecular formula is C22H18ClF2N7OS. The second-order valence-electron chi connectivity index (χ2n) is 7.61. The molecule has 0 radical (unpaired) electrons. The minimum atomic E-state index is -0.419. The molecule has 4 heterocycles. The molecule has 174 valence electrons. The molecule has 8 nitrogen and oxygen atoms in total. The quantitative estimate of drug-likeness (QED) is 0.335. The van der Waals surface area contributed by atoms with Crippen LogP contribution in [0.2, 0.25) is 5.02 Å². The van der Waals surface area contributed by atoms with E-state index in [1.165, 1.54) is 43.6 Å². The third kappa shape index (κ3) is 3.61. The molecule has 4 aromatic heterocycles. The molecular weight excluding hydrogens is 484 g/mol. The normalized spacial score (nSPS) is 11.6. The lowest BCUT2D eigenvalue weighted by atomic mass is 10.2. The number of benzene rings is 1. The summed E-state index contributed by atoms with van der Waals surface area (Å²) in [5, 5.41) is 5.61. The summed E-state index contributed by atoms with van der Waals surface area (Å²) in [5.74, 6) is 0.558. The molecule has 0 N–H and O–H groups in total. The number of anilines is 1. The number of aromatic nitrogens is 6. The first-order valence-corrected chi connectivity index (χ1v) is 11.4. The molecule has 0 bridgehead atoms. The molecule has 0 atom stereocenters. The van der Waals surface area contributed by atoms with Crippen molar-refractivity contribution in [2.75, 3.05) is 11.4 Å². The van der Waals surface area contributed by atoms with Crippen molar-refractivity contribution in [2.45, 2.75) is 20.4 Å². The summed E-state index contributed by atoms with van der Waals surface area (Å²) in [5.41, 5.74) is 1.55. The van der Waals surface area contributed by atoms with Gasteiger partial charge in [0.2, 0.25) is 0 Å². The Kier molecular flexibility index (Phi) is 5.74. The predicted molar refractivity (Wildman–Crippen MR) is 129 cm³/mol. The highest BCUT2D eigenvalue weighted by Gasteiger charge is 2.21. The predicted octanol–water partition coefficient (Wildman–Crippen LogP) is 4.74. The number of hydrogen-bond acceptors (Lipinski definition) is 6. The van der Waals surface area contributed by atoms with E-state index >= 15 is 0 Å². The molecule has 0 unspecified atom stereocenters. The van der Waals surface area contributed by atoms with Gasteiger partial charge in [0.05, 0.1) is 22.6 Å². The van der Waals surface area contributed by atoms with Gasteiger partial charge in [0, 0.05) is 18.9 Å². The largest absolute Gasteiger partial charge is 0.349 e. The van der Waals surface area contributed by atoms with Crippen LogP contribution in [0, 0.1) is 12.7 Å². The van der Waals surface area contributed by atoms with E-state index in [1.54, 1.807) is 18.5 Å². The lowest BCUT2D eigenvalue weighted by Crippen LogP contribution is -2.32. The topological polar surface area (TPSA) is 73.2 Å². The maximum Gasteiger partial charge on any atom is 0.284 e. The van der Waals surface area contributed by atoms with E-state index in [1.807, 2.05) is 18.7 Å². The summed E-state index contributed by atoms with van der Waals surface area (Å²) in [7, 11) is 0. The zero-order valence-electron chi connectivity index (χ0n) is 18.1. The number of halogens is 3. The number of aryl methyl sites for hydroxylation is 1. The number of nitrogens with zero attached hydrogens (tertiary/aromatic N) is 7. The Morgan fingerprint density at radius 2 is 1.94 bits per heavy atom. The van der Waals surface area contributed by atoms with E-state index in [0.29, 0.717) is 34.9 Å². The van der Waals surface area contributed by atoms with Crippen molar-refractivity contribution >= 4 is 46.3 Å². The Hall–Kier alpha value is -3.44. The van der Waals surface area contributed by atoms with Crippen LogP contribution in [0.3, 0.4) is 0 Å². The zero-order chi connectivity index (χ0) is 24.0. The molecule has 0 saturated heterocycles. The van der Waals surface area contributed by atoms with Crippen LogP contribution >= 0.6 is 23.9 Å². The van der Waals surface area contributed by atoms with E-state index in [4.69, 9.17) is 11.6 Å². The lowest BCUT2D eigenvalue weighted by molar-refractivity contribution is 0.626. The lowest BCUT2D eigenvalue weighted by Gasteiger charge is -2.24. The average Bonchev–Trinajstić information content (AvgIpc) is 3.38. The zero-order valence-corrected chi connectivity index (χ0v) is 19.7. The summed E-state index contributed by atoms with van der Waals surface area (Å²) in [6.45, 7) is 4.50. The summed E-state index contributed by atoms with van der Waals surface area (Å²) < 4.78 is 31.2. The monoisotopic (exact) mass is 501 g/mol. The first-order chi connectivity index (χ1) is 16.4. The molecule has 0 amide bonds. The molecule has 34 heavy (non-hydrogen) atoms. The van der Waals surface area contributed by atoms with E-state index in [2.05, 4.69) is 15.1 Å². The van der Waals surface area contributed by atoms with Crippen molar-refractivity contribution < 1.29 is 8.28 Å². The number of rotatable bonds is 6. The standard InChI is InChI=1S/C22H18ClF2N7OS/c1-3-29(20-18-13(2)10-31(34-25)21(18)27-12-26-20)11-17-28-30-9-8-16(23)19(30)22(33)32(17)15-6-4-14(24)5-7-15/h4-10,12H,3,11H2,1-2H3. The molecule has 0 aliphatic heterocycles. The van der Waals surface area contributed by atoms with Gasteiger partial charge in [-0.15, -0.1) is 3.89 Å². The molecule has 0 aliphatic carbocycles. The maximum absolute atomic E-state index is 13.6. The molecule has 0 fully saturated rings. The van der Waals surface area contributed by atoms with Crippen molar-refractivity contribution in [1.29, 1.82) is 0 Å². The Morgan fingerprint density at radius 1 is 1.18 bits per heavy atom. The van der Waals surface area contributed by atoms with Gasteiger partial charge >= 0.3 is 0 Å². The highest BCUT2D eigenvalue weighted by molar-refractivity contribution is 7.92. The minimum Gasteiger partial charge on any atom is -0.349 e. The van der Waals surface area contributed by atoms with Crippen molar-refractivity contribution in [3.8, 4) is 5.69 Å². The van der Waals surface area contributed by atoms with Crippen molar-refractivity contribution in [2.24, 2.45) is 0 Å². The van der Waals surface area contributed by atoms with Gasteiger partial charge in [-0.25, -0.2) is 22.8 Å². The van der Waals surface area contributed by atoms with Crippen LogP contribution in [0.15, 0.2) is 53.8 Å². The Bertz CT molecular complexity index is 1580. The fourth-order valence-corrected chi connectivity index (χ4v) is 4.65. The Balaban J connectivity index is 1.70. The first kappa shape index (κ1) is 22.4. The Morgan fingerprint density at radius 3 is 2.65 bits per heavy atom. The van der Waals surface area contributed by atoms with Crippen LogP contribution in [0.4, 0.5) is 14.1 Å². The van der Waals surface area contributed by atoms with Gasteiger partial charge in [0.25, 0.3) is 5.56 Å². The molecule has 5 rings (SSSR count). The van der Waals surface area contributed by atoms with E-state index in [-0.39, 0.29) is 35.0 Å². The van der Waals surface area contributed by atoms with Gasteiger partial charge in [-0.1, -0.05) is 11.6 Å². The molecule has 0 spiro atoms. The average molecular weight is 502 g/mol. The smallest absolute Gasteiger partial charge is 0.284 e. The number of hydrogen-bond donors (Lipinski definition) is 0. The second kappa shape index (κ2) is 8.73. The van der Waals surface area contributed by atoms with Crippen molar-refractivity contribution in [3.63, 3.8) is 0 Å². The molecule has 5 aromatic rings. The minimum absolute atomic E-state index is 0.0613. The fraction of sp³-hybridized carbons (Fsp3) is 0.182. The number of fused-ring (bicyclic) bond motifs is 2. The summed E-state index contributed by atoms with van der Waals surface area (Å²) in [6.07, 6.45) is 4.64. The second-order valence-corrected chi connectivity index (χ2v) is 8.55. The van der Waals surface area contributed by atoms with Gasteiger partial charge in [0.15, 0.2) is 23.8 Å².